The average molecular weight is 651 g/mol. The average Bonchev–Trinajstić information content (AvgIpc) is 3.03. The molecule has 0 aromatic heterocycles. The summed E-state index contributed by atoms with van der Waals surface area (Å²) in [5, 5.41) is 47.8. The summed E-state index contributed by atoms with van der Waals surface area (Å²) in [5.74, 6) is -7.38. The Kier molecular flexibility index (Phi) is 8.77. The first-order valence-electron chi connectivity index (χ1n) is 15.6. The van der Waals surface area contributed by atoms with Gasteiger partial charge in [0.2, 0.25) is 0 Å². The minimum absolute atomic E-state index is 0.135. The van der Waals surface area contributed by atoms with Gasteiger partial charge in [-0.1, -0.05) is 63.2 Å². The van der Waals surface area contributed by atoms with Crippen molar-refractivity contribution in [2.45, 2.75) is 82.8 Å². The van der Waals surface area contributed by atoms with Gasteiger partial charge in [0.15, 0.2) is 11.4 Å². The summed E-state index contributed by atoms with van der Waals surface area (Å²) < 4.78 is 17.8. The second-order valence-corrected chi connectivity index (χ2v) is 14.0. The number of hydrogen-bond acceptors (Lipinski definition) is 11. The molecule has 0 aliphatic heterocycles. The highest BCUT2D eigenvalue weighted by Crippen LogP contribution is 2.67. The second-order valence-electron chi connectivity index (χ2n) is 14.0. The SMILES string of the molecule is C=C[C@H]1[C@@H](OC(=O)c2ccccc2)[C@H]2[C@](O)(C(=O)[C@@]1(C)O)[C@H](OC(C)=O)C[C@H]1C(C)(C)[C@H](O)[C@H](O)[C@H](OC(=O)c3ccccc3)[C@@]12C. The smallest absolute Gasteiger partial charge is 0.338 e. The van der Waals surface area contributed by atoms with Crippen LogP contribution in [-0.2, 0) is 23.8 Å². The minimum atomic E-state index is -2.73. The Morgan fingerprint density at radius 1 is 0.851 bits per heavy atom. The number of aliphatic hydroxyl groups excluding tert-OH is 2. The van der Waals surface area contributed by atoms with Gasteiger partial charge in [-0.3, -0.25) is 9.59 Å². The van der Waals surface area contributed by atoms with E-state index in [1.807, 2.05) is 0 Å². The molecule has 0 saturated heterocycles. The third-order valence-corrected chi connectivity index (χ3v) is 11.0. The molecule has 252 valence electrons. The van der Waals surface area contributed by atoms with Crippen molar-refractivity contribution in [3.63, 3.8) is 0 Å². The zero-order valence-electron chi connectivity index (χ0n) is 27.0. The standard InChI is InChI=1S/C36H42O11/c1-7-22-26(46-30(40)20-14-10-8-11-15-20)27-34(5)23(18-24(45-19(2)37)36(27,44)32(42)35(22,6)43)33(3,4)28(39)25(38)29(34)47-31(41)21-16-12-9-13-17-21/h7-17,22-29,38-39,43-44H,1,18H2,2-6H3/t22-,23-,24+,25-,26+,27+,28+,29-,34-,35-,36-/m0/s1. The summed E-state index contributed by atoms with van der Waals surface area (Å²) in [7, 11) is 0. The van der Waals surface area contributed by atoms with Crippen LogP contribution in [-0.4, -0.2) is 85.8 Å². The molecule has 5 rings (SSSR count). The van der Waals surface area contributed by atoms with E-state index >= 15 is 0 Å². The quantitative estimate of drug-likeness (QED) is 0.205. The number of fused-ring (bicyclic) bond motifs is 3. The summed E-state index contributed by atoms with van der Waals surface area (Å²) in [6.45, 7) is 11.0. The lowest BCUT2D eigenvalue weighted by molar-refractivity contribution is -0.319. The van der Waals surface area contributed by atoms with E-state index in [4.69, 9.17) is 14.2 Å². The van der Waals surface area contributed by atoms with Crippen LogP contribution in [0, 0.1) is 28.6 Å². The maximum atomic E-state index is 14.4. The zero-order valence-corrected chi connectivity index (χ0v) is 27.0. The molecule has 0 spiro atoms. The lowest BCUT2D eigenvalue weighted by atomic mass is 9.38. The molecule has 0 radical (unpaired) electrons. The molecule has 11 atom stereocenters. The molecular formula is C36H42O11. The summed E-state index contributed by atoms with van der Waals surface area (Å²) in [6, 6.07) is 15.9. The fourth-order valence-electron chi connectivity index (χ4n) is 8.74. The van der Waals surface area contributed by atoms with Crippen LogP contribution in [0.3, 0.4) is 0 Å². The van der Waals surface area contributed by atoms with Crippen LogP contribution in [0.15, 0.2) is 73.3 Å². The van der Waals surface area contributed by atoms with E-state index in [0.717, 1.165) is 13.8 Å². The number of hydrogen-bond donors (Lipinski definition) is 4. The molecule has 47 heavy (non-hydrogen) atoms. The highest BCUT2D eigenvalue weighted by molar-refractivity contribution is 5.98. The van der Waals surface area contributed by atoms with Gasteiger partial charge < -0.3 is 34.6 Å². The Bertz CT molecular complexity index is 1550. The molecule has 2 aromatic carbocycles. The second kappa shape index (κ2) is 12.0. The van der Waals surface area contributed by atoms with Gasteiger partial charge in [-0.05, 0) is 48.9 Å². The summed E-state index contributed by atoms with van der Waals surface area (Å²) in [6.07, 6.45) is -6.92. The maximum Gasteiger partial charge on any atom is 0.338 e. The van der Waals surface area contributed by atoms with Gasteiger partial charge in [0.05, 0.1) is 23.1 Å². The lowest BCUT2D eigenvalue weighted by Gasteiger charge is -2.69. The first-order chi connectivity index (χ1) is 21.9. The molecule has 2 aromatic rings. The van der Waals surface area contributed by atoms with Crippen LogP contribution in [0.5, 0.6) is 0 Å². The predicted molar refractivity (Wildman–Crippen MR) is 167 cm³/mol. The molecular weight excluding hydrogens is 608 g/mol. The monoisotopic (exact) mass is 650 g/mol. The molecule has 0 bridgehead atoms. The number of benzene rings is 2. The normalized spacial score (nSPS) is 39.0. The van der Waals surface area contributed by atoms with Crippen molar-refractivity contribution in [2.75, 3.05) is 0 Å². The number of Topliss-reactive ketones (excluding diaryl/α,β-unsaturated/α-hetero) is 1. The first-order valence-corrected chi connectivity index (χ1v) is 15.6. The van der Waals surface area contributed by atoms with Crippen LogP contribution >= 0.6 is 0 Å². The Hall–Kier alpha value is -3.90. The van der Waals surface area contributed by atoms with Crippen molar-refractivity contribution in [2.24, 2.45) is 28.6 Å². The number of ketones is 1. The van der Waals surface area contributed by atoms with Crippen molar-refractivity contribution in [1.29, 1.82) is 0 Å². The number of rotatable bonds is 6. The first kappa shape index (κ1) is 34.4. The Balaban J connectivity index is 1.78. The molecule has 3 aliphatic rings. The van der Waals surface area contributed by atoms with E-state index in [0.29, 0.717) is 0 Å². The van der Waals surface area contributed by atoms with E-state index < -0.39 is 94.0 Å². The predicted octanol–water partition coefficient (Wildman–Crippen LogP) is 2.64. The third-order valence-electron chi connectivity index (χ3n) is 11.0. The van der Waals surface area contributed by atoms with Crippen LogP contribution in [0.4, 0.5) is 0 Å². The molecule has 3 saturated carbocycles. The molecule has 4 N–H and O–H groups in total. The van der Waals surface area contributed by atoms with Crippen LogP contribution in [0.25, 0.3) is 0 Å². The molecule has 0 heterocycles. The fraction of sp³-hybridized carbons (Fsp3) is 0.500. The van der Waals surface area contributed by atoms with Crippen molar-refractivity contribution >= 4 is 23.7 Å². The van der Waals surface area contributed by atoms with Gasteiger partial charge in [-0.2, -0.15) is 0 Å². The van der Waals surface area contributed by atoms with E-state index in [1.54, 1.807) is 57.2 Å². The van der Waals surface area contributed by atoms with Gasteiger partial charge in [0, 0.05) is 18.3 Å². The summed E-state index contributed by atoms with van der Waals surface area (Å²) >= 11 is 0. The molecule has 3 aliphatic carbocycles. The van der Waals surface area contributed by atoms with E-state index in [1.165, 1.54) is 30.3 Å². The van der Waals surface area contributed by atoms with Gasteiger partial charge in [0.1, 0.15) is 30.0 Å². The summed E-state index contributed by atoms with van der Waals surface area (Å²) in [4.78, 5) is 54.2. The van der Waals surface area contributed by atoms with E-state index in [2.05, 4.69) is 6.58 Å². The minimum Gasteiger partial charge on any atom is -0.459 e. The molecule has 11 nitrogen and oxygen atoms in total. The zero-order chi connectivity index (χ0) is 34.7. The molecule has 0 unspecified atom stereocenters. The van der Waals surface area contributed by atoms with Crippen LogP contribution < -0.4 is 0 Å². The highest BCUT2D eigenvalue weighted by atomic mass is 16.6. The topological polar surface area (TPSA) is 177 Å². The van der Waals surface area contributed by atoms with Gasteiger partial charge in [-0.15, -0.1) is 6.58 Å². The van der Waals surface area contributed by atoms with Crippen LogP contribution in [0.1, 0.15) is 61.8 Å². The molecule has 11 heteroatoms. The lowest BCUT2D eigenvalue weighted by Crippen LogP contribution is -2.83. The van der Waals surface area contributed by atoms with E-state index in [-0.39, 0.29) is 17.5 Å². The maximum absolute atomic E-state index is 14.4. The van der Waals surface area contributed by atoms with E-state index in [9.17, 15) is 39.6 Å². The number of esters is 3. The van der Waals surface area contributed by atoms with Crippen molar-refractivity contribution in [1.82, 2.24) is 0 Å². The Morgan fingerprint density at radius 2 is 1.36 bits per heavy atom. The number of aliphatic hydroxyl groups is 4. The van der Waals surface area contributed by atoms with Gasteiger partial charge in [0.25, 0.3) is 0 Å². The van der Waals surface area contributed by atoms with Crippen molar-refractivity contribution in [3.05, 3.63) is 84.4 Å². The van der Waals surface area contributed by atoms with Crippen molar-refractivity contribution < 1.29 is 53.8 Å². The van der Waals surface area contributed by atoms with Crippen LogP contribution in [0.2, 0.25) is 0 Å². The Morgan fingerprint density at radius 3 is 1.85 bits per heavy atom. The van der Waals surface area contributed by atoms with Crippen molar-refractivity contribution in [3.8, 4) is 0 Å². The largest absolute Gasteiger partial charge is 0.459 e. The molecule has 0 amide bonds. The number of ether oxygens (including phenoxy) is 3. The molecule has 3 fully saturated rings. The third kappa shape index (κ3) is 5.20. The highest BCUT2D eigenvalue weighted by Gasteiger charge is 2.79. The van der Waals surface area contributed by atoms with Gasteiger partial charge >= 0.3 is 17.9 Å². The number of carbonyl (C=O) groups excluding carboxylic acids is 4. The fourth-order valence-corrected chi connectivity index (χ4v) is 8.74. The Labute approximate surface area is 273 Å². The summed E-state index contributed by atoms with van der Waals surface area (Å²) in [5.41, 5.74) is -7.69. The number of carbonyl (C=O) groups is 4. The van der Waals surface area contributed by atoms with Gasteiger partial charge in [-0.25, -0.2) is 9.59 Å².